The summed E-state index contributed by atoms with van der Waals surface area (Å²) in [6.07, 6.45) is 2.47. The number of nitrogens with zero attached hydrogens (tertiary/aromatic N) is 2. The van der Waals surface area contributed by atoms with Crippen molar-refractivity contribution in [2.45, 2.75) is 39.3 Å². The fourth-order valence-electron chi connectivity index (χ4n) is 2.88. The number of nitrogens with one attached hydrogen (secondary N) is 1. The van der Waals surface area contributed by atoms with E-state index in [4.69, 9.17) is 5.26 Å². The van der Waals surface area contributed by atoms with Crippen LogP contribution in [0.25, 0.3) is 0 Å². The molecule has 1 aliphatic rings. The Morgan fingerprint density at radius 2 is 2.29 bits per heavy atom. The van der Waals surface area contributed by atoms with E-state index >= 15 is 0 Å². The first-order valence-electron chi connectivity index (χ1n) is 7.72. The average molecular weight is 289 g/mol. The molecule has 1 N–H and O–H groups in total. The molecule has 1 aromatic rings. The molecule has 1 fully saturated rings. The fourth-order valence-corrected chi connectivity index (χ4v) is 2.88. The van der Waals surface area contributed by atoms with Gasteiger partial charge < -0.3 is 5.32 Å². The van der Waals surface area contributed by atoms with Crippen LogP contribution in [-0.4, -0.2) is 30.6 Å². The minimum atomic E-state index is -0.432. The molecule has 1 aromatic carbocycles. The Bertz CT molecular complexity index is 507. The predicted octanol–water partition coefficient (Wildman–Crippen LogP) is 2.91. The molecular weight excluding hydrogens is 265 g/mol. The van der Waals surface area contributed by atoms with E-state index in [1.54, 1.807) is 12.1 Å². The van der Waals surface area contributed by atoms with Gasteiger partial charge in [-0.15, -0.1) is 0 Å². The second kappa shape index (κ2) is 7.53. The first kappa shape index (κ1) is 15.9. The van der Waals surface area contributed by atoms with Crippen LogP contribution in [0.5, 0.6) is 0 Å². The molecule has 1 heterocycles. The van der Waals surface area contributed by atoms with Crippen LogP contribution in [0.1, 0.15) is 37.8 Å². The lowest BCUT2D eigenvalue weighted by Crippen LogP contribution is -2.40. The van der Waals surface area contributed by atoms with Crippen molar-refractivity contribution in [2.75, 3.05) is 19.6 Å². The van der Waals surface area contributed by atoms with E-state index < -0.39 is 5.82 Å². The molecule has 1 aliphatic heterocycles. The number of hydrogen-bond acceptors (Lipinski definition) is 3. The van der Waals surface area contributed by atoms with Gasteiger partial charge in [-0.1, -0.05) is 19.9 Å². The lowest BCUT2D eigenvalue weighted by molar-refractivity contribution is 0.164. The van der Waals surface area contributed by atoms with E-state index in [-0.39, 0.29) is 5.56 Å². The lowest BCUT2D eigenvalue weighted by Gasteiger charge is -2.33. The Hall–Kier alpha value is -1.44. The summed E-state index contributed by atoms with van der Waals surface area (Å²) in [7, 11) is 0. The maximum atomic E-state index is 13.3. The zero-order valence-electron chi connectivity index (χ0n) is 12.9. The highest BCUT2D eigenvalue weighted by Crippen LogP contribution is 2.19. The summed E-state index contributed by atoms with van der Waals surface area (Å²) in [6.45, 7) is 8.34. The van der Waals surface area contributed by atoms with Crippen molar-refractivity contribution >= 4 is 0 Å². The molecule has 1 atom stereocenters. The van der Waals surface area contributed by atoms with E-state index in [9.17, 15) is 4.39 Å². The highest BCUT2D eigenvalue weighted by molar-refractivity contribution is 5.34. The van der Waals surface area contributed by atoms with Gasteiger partial charge in [0.2, 0.25) is 0 Å². The minimum Gasteiger partial charge on any atom is -0.314 e. The highest BCUT2D eigenvalue weighted by Gasteiger charge is 2.20. The van der Waals surface area contributed by atoms with Crippen LogP contribution in [-0.2, 0) is 6.54 Å². The van der Waals surface area contributed by atoms with Gasteiger partial charge in [0.1, 0.15) is 11.9 Å². The van der Waals surface area contributed by atoms with E-state index in [1.165, 1.54) is 18.9 Å². The maximum Gasteiger partial charge on any atom is 0.140 e. The van der Waals surface area contributed by atoms with Gasteiger partial charge in [-0.3, -0.25) is 4.90 Å². The Labute approximate surface area is 126 Å². The van der Waals surface area contributed by atoms with Gasteiger partial charge in [0.25, 0.3) is 0 Å². The molecule has 114 valence electrons. The Balaban J connectivity index is 1.92. The third-order valence-corrected chi connectivity index (χ3v) is 3.98. The minimum absolute atomic E-state index is 0.141. The van der Waals surface area contributed by atoms with E-state index in [1.807, 2.05) is 6.07 Å². The van der Waals surface area contributed by atoms with Crippen molar-refractivity contribution in [3.05, 3.63) is 35.1 Å². The summed E-state index contributed by atoms with van der Waals surface area (Å²) < 4.78 is 13.3. The van der Waals surface area contributed by atoms with Crippen molar-refractivity contribution in [3.8, 4) is 6.07 Å². The van der Waals surface area contributed by atoms with E-state index in [0.717, 1.165) is 31.7 Å². The number of benzene rings is 1. The first-order valence-corrected chi connectivity index (χ1v) is 7.72. The average Bonchev–Trinajstić information content (AvgIpc) is 2.47. The second-order valence-electron chi connectivity index (χ2n) is 6.23. The van der Waals surface area contributed by atoms with Gasteiger partial charge in [-0.25, -0.2) is 4.39 Å². The third-order valence-electron chi connectivity index (χ3n) is 3.98. The van der Waals surface area contributed by atoms with Crippen molar-refractivity contribution in [1.29, 1.82) is 5.26 Å². The Morgan fingerprint density at radius 3 is 3.00 bits per heavy atom. The standard InChI is InChI=1S/C17H24FN3/c1-13(2)20-10-15-4-3-7-21(12-15)11-14-5-6-17(18)16(8-14)9-19/h5-6,8,13,15,20H,3-4,7,10-12H2,1-2H3. The number of likely N-dealkylation sites (tertiary alicyclic amines) is 1. The summed E-state index contributed by atoms with van der Waals surface area (Å²) in [5, 5.41) is 12.4. The monoisotopic (exact) mass is 289 g/mol. The molecular formula is C17H24FN3. The highest BCUT2D eigenvalue weighted by atomic mass is 19.1. The summed E-state index contributed by atoms with van der Waals surface area (Å²) in [5.41, 5.74) is 1.16. The van der Waals surface area contributed by atoms with Gasteiger partial charge in [-0.05, 0) is 49.5 Å². The fraction of sp³-hybridized carbons (Fsp3) is 0.588. The maximum absolute atomic E-state index is 13.3. The van der Waals surface area contributed by atoms with Gasteiger partial charge >= 0.3 is 0 Å². The smallest absolute Gasteiger partial charge is 0.140 e. The summed E-state index contributed by atoms with van der Waals surface area (Å²) in [5.74, 6) is 0.246. The number of hydrogen-bond donors (Lipinski definition) is 1. The molecule has 1 saturated heterocycles. The molecule has 0 saturated carbocycles. The van der Waals surface area contributed by atoms with Crippen LogP contribution in [0.2, 0.25) is 0 Å². The summed E-state index contributed by atoms with van der Waals surface area (Å²) in [4.78, 5) is 2.41. The largest absolute Gasteiger partial charge is 0.314 e. The SMILES string of the molecule is CC(C)NCC1CCCN(Cc2ccc(F)c(C#N)c2)C1. The van der Waals surface area contributed by atoms with Crippen molar-refractivity contribution in [2.24, 2.45) is 5.92 Å². The molecule has 0 aromatic heterocycles. The molecule has 0 aliphatic carbocycles. The van der Waals surface area contributed by atoms with Crippen molar-refractivity contribution < 1.29 is 4.39 Å². The predicted molar refractivity (Wildman–Crippen MR) is 82.3 cm³/mol. The zero-order chi connectivity index (χ0) is 15.2. The second-order valence-corrected chi connectivity index (χ2v) is 6.23. The molecule has 0 radical (unpaired) electrons. The number of nitriles is 1. The van der Waals surface area contributed by atoms with Gasteiger partial charge in [-0.2, -0.15) is 5.26 Å². The Kier molecular flexibility index (Phi) is 5.72. The van der Waals surface area contributed by atoms with Crippen molar-refractivity contribution in [1.82, 2.24) is 10.2 Å². The van der Waals surface area contributed by atoms with Gasteiger partial charge in [0.15, 0.2) is 0 Å². The van der Waals surface area contributed by atoms with Crippen molar-refractivity contribution in [3.63, 3.8) is 0 Å². The molecule has 3 nitrogen and oxygen atoms in total. The van der Waals surface area contributed by atoms with Crippen LogP contribution in [0.4, 0.5) is 4.39 Å². The molecule has 4 heteroatoms. The first-order chi connectivity index (χ1) is 10.1. The summed E-state index contributed by atoms with van der Waals surface area (Å²) in [6, 6.07) is 7.29. The number of rotatable bonds is 5. The van der Waals surface area contributed by atoms with Crippen LogP contribution in [0, 0.1) is 23.1 Å². The van der Waals surface area contributed by atoms with Gasteiger partial charge in [0, 0.05) is 19.1 Å². The normalized spacial score (nSPS) is 19.7. The van der Waals surface area contributed by atoms with Crippen LogP contribution < -0.4 is 5.32 Å². The molecule has 0 bridgehead atoms. The molecule has 0 spiro atoms. The van der Waals surface area contributed by atoms with E-state index in [2.05, 4.69) is 24.1 Å². The molecule has 21 heavy (non-hydrogen) atoms. The lowest BCUT2D eigenvalue weighted by atomic mass is 9.97. The van der Waals surface area contributed by atoms with Gasteiger partial charge in [0.05, 0.1) is 5.56 Å². The molecule has 1 unspecified atom stereocenters. The van der Waals surface area contributed by atoms with Crippen LogP contribution in [0.15, 0.2) is 18.2 Å². The van der Waals surface area contributed by atoms with Crippen LogP contribution >= 0.6 is 0 Å². The Morgan fingerprint density at radius 1 is 1.48 bits per heavy atom. The third kappa shape index (κ3) is 4.80. The summed E-state index contributed by atoms with van der Waals surface area (Å²) >= 11 is 0. The quantitative estimate of drug-likeness (QED) is 0.906. The molecule has 2 rings (SSSR count). The zero-order valence-corrected chi connectivity index (χ0v) is 12.9. The van der Waals surface area contributed by atoms with E-state index in [0.29, 0.717) is 12.0 Å². The molecule has 0 amide bonds. The topological polar surface area (TPSA) is 39.1 Å². The number of halogens is 1. The van der Waals surface area contributed by atoms with Crippen LogP contribution in [0.3, 0.4) is 0 Å². The number of piperidine rings is 1.